The number of rotatable bonds is 3. The van der Waals surface area contributed by atoms with Crippen LogP contribution in [0.15, 0.2) is 36.7 Å². The second-order valence-electron chi connectivity index (χ2n) is 3.60. The molecular weight excluding hydrogens is 228 g/mol. The number of hydrogen-bond donors (Lipinski definition) is 0. The lowest BCUT2D eigenvalue weighted by Gasteiger charge is -2.09. The highest BCUT2D eigenvalue weighted by molar-refractivity contribution is 5.71. The lowest BCUT2D eigenvalue weighted by Crippen LogP contribution is -1.92. The van der Waals surface area contributed by atoms with Crippen molar-refractivity contribution in [3.63, 3.8) is 0 Å². The summed E-state index contributed by atoms with van der Waals surface area (Å²) in [4.78, 5) is 4.08. The molecule has 0 aliphatic carbocycles. The summed E-state index contributed by atoms with van der Waals surface area (Å²) in [6.45, 7) is 0. The van der Waals surface area contributed by atoms with Crippen LogP contribution in [0.4, 0.5) is 0 Å². The standard InChI is InChI=1S/C14H12N2O2/c1-17-13-5-6-16-9-12(13)10-3-4-11(8-15)14(7-10)18-2/h3-7,9H,1-2H3. The Morgan fingerprint density at radius 1 is 1.11 bits per heavy atom. The van der Waals surface area contributed by atoms with Crippen molar-refractivity contribution in [1.29, 1.82) is 5.26 Å². The van der Waals surface area contributed by atoms with Gasteiger partial charge in [-0.05, 0) is 23.8 Å². The molecule has 0 bridgehead atoms. The van der Waals surface area contributed by atoms with Gasteiger partial charge >= 0.3 is 0 Å². The van der Waals surface area contributed by atoms with Gasteiger partial charge in [-0.3, -0.25) is 4.98 Å². The minimum Gasteiger partial charge on any atom is -0.496 e. The van der Waals surface area contributed by atoms with E-state index in [9.17, 15) is 0 Å². The van der Waals surface area contributed by atoms with E-state index in [1.807, 2.05) is 6.07 Å². The Kier molecular flexibility index (Phi) is 3.44. The third kappa shape index (κ3) is 2.11. The van der Waals surface area contributed by atoms with Gasteiger partial charge in [0.1, 0.15) is 17.6 Å². The van der Waals surface area contributed by atoms with E-state index in [0.717, 1.165) is 16.9 Å². The maximum atomic E-state index is 8.94. The Morgan fingerprint density at radius 3 is 2.56 bits per heavy atom. The van der Waals surface area contributed by atoms with E-state index in [1.165, 1.54) is 0 Å². The van der Waals surface area contributed by atoms with Gasteiger partial charge in [-0.25, -0.2) is 0 Å². The normalized spacial score (nSPS) is 9.61. The molecule has 90 valence electrons. The highest BCUT2D eigenvalue weighted by Gasteiger charge is 2.09. The maximum absolute atomic E-state index is 8.94. The highest BCUT2D eigenvalue weighted by Crippen LogP contribution is 2.32. The van der Waals surface area contributed by atoms with Gasteiger partial charge in [0, 0.05) is 18.0 Å². The number of hydrogen-bond acceptors (Lipinski definition) is 4. The Hall–Kier alpha value is -2.54. The largest absolute Gasteiger partial charge is 0.496 e. The number of ether oxygens (including phenoxy) is 2. The van der Waals surface area contributed by atoms with Crippen molar-refractivity contribution in [1.82, 2.24) is 4.98 Å². The third-order valence-electron chi connectivity index (χ3n) is 2.63. The predicted octanol–water partition coefficient (Wildman–Crippen LogP) is 2.64. The Bertz CT molecular complexity index is 603. The molecule has 0 radical (unpaired) electrons. The maximum Gasteiger partial charge on any atom is 0.137 e. The second-order valence-corrected chi connectivity index (χ2v) is 3.60. The number of pyridine rings is 1. The molecule has 4 heteroatoms. The first-order valence-electron chi connectivity index (χ1n) is 5.36. The zero-order chi connectivity index (χ0) is 13.0. The second kappa shape index (κ2) is 5.19. The van der Waals surface area contributed by atoms with Crippen molar-refractivity contribution in [3.05, 3.63) is 42.2 Å². The molecule has 0 unspecified atom stereocenters. The van der Waals surface area contributed by atoms with Crippen LogP contribution in [-0.4, -0.2) is 19.2 Å². The Labute approximate surface area is 105 Å². The first-order chi connectivity index (χ1) is 8.80. The number of nitrogens with zero attached hydrogens (tertiary/aromatic N) is 2. The molecule has 0 aliphatic heterocycles. The van der Waals surface area contributed by atoms with Gasteiger partial charge in [-0.15, -0.1) is 0 Å². The molecule has 0 N–H and O–H groups in total. The van der Waals surface area contributed by atoms with Crippen LogP contribution in [0.5, 0.6) is 11.5 Å². The number of benzene rings is 1. The van der Waals surface area contributed by atoms with Gasteiger partial charge in [0.05, 0.1) is 19.8 Å². The van der Waals surface area contributed by atoms with E-state index in [-0.39, 0.29) is 0 Å². The highest BCUT2D eigenvalue weighted by atomic mass is 16.5. The van der Waals surface area contributed by atoms with Gasteiger partial charge in [0.15, 0.2) is 0 Å². The van der Waals surface area contributed by atoms with Gasteiger partial charge in [0.2, 0.25) is 0 Å². The summed E-state index contributed by atoms with van der Waals surface area (Å²) in [5.74, 6) is 1.28. The van der Waals surface area contributed by atoms with Crippen LogP contribution in [0.3, 0.4) is 0 Å². The van der Waals surface area contributed by atoms with Crippen molar-refractivity contribution in [3.8, 4) is 28.7 Å². The predicted molar refractivity (Wildman–Crippen MR) is 67.5 cm³/mol. The average Bonchev–Trinajstić information content (AvgIpc) is 2.46. The summed E-state index contributed by atoms with van der Waals surface area (Å²) in [5, 5.41) is 8.94. The quantitative estimate of drug-likeness (QED) is 0.827. The van der Waals surface area contributed by atoms with Crippen LogP contribution in [0.2, 0.25) is 0 Å². The van der Waals surface area contributed by atoms with Crippen molar-refractivity contribution in [2.24, 2.45) is 0 Å². The third-order valence-corrected chi connectivity index (χ3v) is 2.63. The van der Waals surface area contributed by atoms with E-state index in [2.05, 4.69) is 11.1 Å². The molecule has 0 spiro atoms. The molecule has 0 fully saturated rings. The monoisotopic (exact) mass is 240 g/mol. The molecule has 4 nitrogen and oxygen atoms in total. The summed E-state index contributed by atoms with van der Waals surface area (Å²) in [6.07, 6.45) is 3.39. The van der Waals surface area contributed by atoms with E-state index >= 15 is 0 Å². The van der Waals surface area contributed by atoms with Crippen LogP contribution in [0.1, 0.15) is 5.56 Å². The van der Waals surface area contributed by atoms with Gasteiger partial charge in [0.25, 0.3) is 0 Å². The van der Waals surface area contributed by atoms with Gasteiger partial charge in [-0.1, -0.05) is 6.07 Å². The zero-order valence-corrected chi connectivity index (χ0v) is 10.2. The molecule has 1 aromatic heterocycles. The number of nitriles is 1. The number of aromatic nitrogens is 1. The molecule has 2 rings (SSSR count). The SMILES string of the molecule is COc1cc(-c2cnccc2OC)ccc1C#N. The molecule has 1 heterocycles. The van der Waals surface area contributed by atoms with Crippen molar-refractivity contribution in [2.45, 2.75) is 0 Å². The molecule has 2 aromatic rings. The van der Waals surface area contributed by atoms with Crippen LogP contribution >= 0.6 is 0 Å². The molecular formula is C14H12N2O2. The smallest absolute Gasteiger partial charge is 0.137 e. The fourth-order valence-electron chi connectivity index (χ4n) is 1.73. The lowest BCUT2D eigenvalue weighted by atomic mass is 10.0. The molecule has 1 aromatic carbocycles. The van der Waals surface area contributed by atoms with Crippen molar-refractivity contribution < 1.29 is 9.47 Å². The molecule has 0 amide bonds. The van der Waals surface area contributed by atoms with Crippen LogP contribution < -0.4 is 9.47 Å². The summed E-state index contributed by atoms with van der Waals surface area (Å²) in [7, 11) is 3.15. The van der Waals surface area contributed by atoms with E-state index in [0.29, 0.717) is 11.3 Å². The summed E-state index contributed by atoms with van der Waals surface area (Å²) < 4.78 is 10.5. The first kappa shape index (κ1) is 11.9. The Balaban J connectivity index is 2.55. The summed E-state index contributed by atoms with van der Waals surface area (Å²) in [5.41, 5.74) is 2.27. The molecule has 0 atom stereocenters. The molecule has 0 aliphatic rings. The first-order valence-corrected chi connectivity index (χ1v) is 5.36. The van der Waals surface area contributed by atoms with Crippen molar-refractivity contribution >= 4 is 0 Å². The zero-order valence-electron chi connectivity index (χ0n) is 10.2. The Morgan fingerprint density at radius 2 is 1.89 bits per heavy atom. The van der Waals surface area contributed by atoms with Crippen LogP contribution in [0.25, 0.3) is 11.1 Å². The van der Waals surface area contributed by atoms with Crippen LogP contribution in [0, 0.1) is 11.3 Å². The minimum absolute atomic E-state index is 0.504. The minimum atomic E-state index is 0.504. The van der Waals surface area contributed by atoms with Gasteiger partial charge < -0.3 is 9.47 Å². The summed E-state index contributed by atoms with van der Waals surface area (Å²) >= 11 is 0. The average molecular weight is 240 g/mol. The molecule has 0 saturated carbocycles. The molecule has 0 saturated heterocycles. The van der Waals surface area contributed by atoms with Gasteiger partial charge in [-0.2, -0.15) is 5.26 Å². The van der Waals surface area contributed by atoms with E-state index in [1.54, 1.807) is 44.8 Å². The topological polar surface area (TPSA) is 55.1 Å². The summed E-state index contributed by atoms with van der Waals surface area (Å²) in [6, 6.07) is 9.25. The number of methoxy groups -OCH3 is 2. The van der Waals surface area contributed by atoms with Crippen LogP contribution in [-0.2, 0) is 0 Å². The van der Waals surface area contributed by atoms with Crippen molar-refractivity contribution in [2.75, 3.05) is 14.2 Å². The molecule has 18 heavy (non-hydrogen) atoms. The van der Waals surface area contributed by atoms with E-state index < -0.39 is 0 Å². The van der Waals surface area contributed by atoms with E-state index in [4.69, 9.17) is 14.7 Å². The lowest BCUT2D eigenvalue weighted by molar-refractivity contribution is 0.412. The fourth-order valence-corrected chi connectivity index (χ4v) is 1.73. The fraction of sp³-hybridized carbons (Fsp3) is 0.143.